The number of anilines is 2. The first-order valence-electron chi connectivity index (χ1n) is 5.42. The molecule has 1 aromatic heterocycles. The van der Waals surface area contributed by atoms with Crippen molar-refractivity contribution in [1.29, 1.82) is 0 Å². The maximum Gasteiger partial charge on any atom is 0.148 e. The molecule has 90 valence electrons. The van der Waals surface area contributed by atoms with E-state index in [2.05, 4.69) is 10.3 Å². The van der Waals surface area contributed by atoms with E-state index in [9.17, 15) is 4.39 Å². The van der Waals surface area contributed by atoms with E-state index in [0.29, 0.717) is 17.9 Å². The Morgan fingerprint density at radius 1 is 1.47 bits per heavy atom. The van der Waals surface area contributed by atoms with Crippen LogP contribution in [0.25, 0.3) is 0 Å². The van der Waals surface area contributed by atoms with E-state index in [1.165, 1.54) is 6.07 Å². The molecule has 1 heterocycles. The molecule has 0 aliphatic heterocycles. The Morgan fingerprint density at radius 3 is 2.94 bits per heavy atom. The van der Waals surface area contributed by atoms with Gasteiger partial charge in [-0.25, -0.2) is 9.37 Å². The van der Waals surface area contributed by atoms with Crippen molar-refractivity contribution in [2.45, 2.75) is 6.42 Å². The van der Waals surface area contributed by atoms with Gasteiger partial charge in [0.15, 0.2) is 0 Å². The van der Waals surface area contributed by atoms with Gasteiger partial charge in [0.1, 0.15) is 11.6 Å². The zero-order valence-electron chi connectivity index (χ0n) is 9.65. The van der Waals surface area contributed by atoms with E-state index in [0.717, 1.165) is 12.2 Å². The van der Waals surface area contributed by atoms with Gasteiger partial charge in [0, 0.05) is 38.1 Å². The average molecular weight is 234 g/mol. The van der Waals surface area contributed by atoms with E-state index in [1.54, 1.807) is 18.3 Å². The second kappa shape index (κ2) is 4.86. The minimum atomic E-state index is -0.329. The Balaban J connectivity index is 1.92. The summed E-state index contributed by atoms with van der Waals surface area (Å²) in [5.41, 5.74) is 6.37. The van der Waals surface area contributed by atoms with Crippen molar-refractivity contribution in [3.63, 3.8) is 0 Å². The summed E-state index contributed by atoms with van der Waals surface area (Å²) in [7, 11) is 1.94. The number of halogens is 1. The van der Waals surface area contributed by atoms with E-state index < -0.39 is 0 Å². The summed E-state index contributed by atoms with van der Waals surface area (Å²) in [5, 5.41) is 3.02. The van der Waals surface area contributed by atoms with Crippen molar-refractivity contribution >= 4 is 11.4 Å². The van der Waals surface area contributed by atoms with Crippen molar-refractivity contribution in [1.82, 2.24) is 9.55 Å². The molecule has 3 N–H and O–H groups in total. The van der Waals surface area contributed by atoms with E-state index in [-0.39, 0.29) is 5.82 Å². The second-order valence-electron chi connectivity index (χ2n) is 3.87. The molecule has 0 aliphatic rings. The molecule has 0 fully saturated rings. The second-order valence-corrected chi connectivity index (χ2v) is 3.87. The van der Waals surface area contributed by atoms with Gasteiger partial charge < -0.3 is 15.6 Å². The lowest BCUT2D eigenvalue weighted by molar-refractivity contribution is 0.630. The molecule has 0 bridgehead atoms. The number of nitrogen functional groups attached to an aromatic ring is 1. The fraction of sp³-hybridized carbons (Fsp3) is 0.250. The average Bonchev–Trinajstić information content (AvgIpc) is 2.68. The van der Waals surface area contributed by atoms with Crippen LogP contribution in [0.2, 0.25) is 0 Å². The van der Waals surface area contributed by atoms with E-state index >= 15 is 0 Å². The minimum Gasteiger partial charge on any atom is -0.399 e. The normalized spacial score (nSPS) is 10.5. The predicted molar refractivity (Wildman–Crippen MR) is 66.2 cm³/mol. The molecule has 0 saturated carbocycles. The highest BCUT2D eigenvalue weighted by atomic mass is 19.1. The molecule has 0 aliphatic carbocycles. The summed E-state index contributed by atoms with van der Waals surface area (Å²) in [4.78, 5) is 4.19. The molecule has 0 unspecified atom stereocenters. The molecule has 2 rings (SSSR count). The topological polar surface area (TPSA) is 55.9 Å². The fourth-order valence-electron chi connectivity index (χ4n) is 1.62. The Kier molecular flexibility index (Phi) is 3.27. The number of aromatic nitrogens is 2. The number of nitrogens with two attached hydrogens (primary N) is 1. The molecule has 0 saturated heterocycles. The third-order valence-electron chi connectivity index (χ3n) is 2.58. The van der Waals surface area contributed by atoms with Crippen LogP contribution in [-0.4, -0.2) is 16.1 Å². The molecule has 5 heteroatoms. The van der Waals surface area contributed by atoms with Crippen LogP contribution < -0.4 is 11.1 Å². The summed E-state index contributed by atoms with van der Waals surface area (Å²) < 4.78 is 15.4. The summed E-state index contributed by atoms with van der Waals surface area (Å²) in [5.74, 6) is 0.637. The highest BCUT2D eigenvalue weighted by molar-refractivity contribution is 5.52. The number of nitrogens with zero attached hydrogens (tertiary/aromatic N) is 2. The number of imidazole rings is 1. The molecule has 4 nitrogen and oxygen atoms in total. The molecule has 1 aromatic carbocycles. The molecule has 0 spiro atoms. The highest BCUT2D eigenvalue weighted by Crippen LogP contribution is 2.16. The highest BCUT2D eigenvalue weighted by Gasteiger charge is 2.03. The number of rotatable bonds is 4. The van der Waals surface area contributed by atoms with Crippen LogP contribution in [0, 0.1) is 5.82 Å². The maximum absolute atomic E-state index is 13.4. The fourth-order valence-corrected chi connectivity index (χ4v) is 1.62. The van der Waals surface area contributed by atoms with Gasteiger partial charge in [-0.2, -0.15) is 0 Å². The summed E-state index contributed by atoms with van der Waals surface area (Å²) in [6.45, 7) is 0.631. The van der Waals surface area contributed by atoms with Crippen LogP contribution in [0.4, 0.5) is 15.8 Å². The molecular formula is C12H15FN4. The first-order chi connectivity index (χ1) is 8.16. The molecule has 17 heavy (non-hydrogen) atoms. The monoisotopic (exact) mass is 234 g/mol. The van der Waals surface area contributed by atoms with Crippen molar-refractivity contribution in [3.8, 4) is 0 Å². The van der Waals surface area contributed by atoms with Crippen molar-refractivity contribution in [2.24, 2.45) is 7.05 Å². The quantitative estimate of drug-likeness (QED) is 0.793. The Labute approximate surface area is 99.3 Å². The summed E-state index contributed by atoms with van der Waals surface area (Å²) in [6, 6.07) is 4.62. The maximum atomic E-state index is 13.4. The SMILES string of the molecule is Cn1ccnc1CCNc1ccc(N)cc1F. The Morgan fingerprint density at radius 2 is 2.29 bits per heavy atom. The lowest BCUT2D eigenvalue weighted by Crippen LogP contribution is -2.09. The standard InChI is InChI=1S/C12H15FN4/c1-17-7-6-16-12(17)4-5-15-11-3-2-9(14)8-10(11)13/h2-3,6-8,15H,4-5,14H2,1H3. The Hall–Kier alpha value is -2.04. The van der Waals surface area contributed by atoms with Gasteiger partial charge in [0.05, 0.1) is 5.69 Å². The zero-order chi connectivity index (χ0) is 12.3. The number of hydrogen-bond donors (Lipinski definition) is 2. The first-order valence-corrected chi connectivity index (χ1v) is 5.42. The first kappa shape index (κ1) is 11.4. The Bertz CT molecular complexity index is 507. The largest absolute Gasteiger partial charge is 0.399 e. The number of aryl methyl sites for hydroxylation is 1. The van der Waals surface area contributed by atoms with E-state index in [1.807, 2.05) is 17.8 Å². The van der Waals surface area contributed by atoms with Gasteiger partial charge in [-0.1, -0.05) is 0 Å². The van der Waals surface area contributed by atoms with Crippen LogP contribution in [-0.2, 0) is 13.5 Å². The van der Waals surface area contributed by atoms with Gasteiger partial charge in [0.25, 0.3) is 0 Å². The smallest absolute Gasteiger partial charge is 0.148 e. The lowest BCUT2D eigenvalue weighted by Gasteiger charge is -2.08. The number of hydrogen-bond acceptors (Lipinski definition) is 3. The van der Waals surface area contributed by atoms with E-state index in [4.69, 9.17) is 5.73 Å². The van der Waals surface area contributed by atoms with Crippen LogP contribution in [0.5, 0.6) is 0 Å². The van der Waals surface area contributed by atoms with Crippen LogP contribution >= 0.6 is 0 Å². The molecule has 0 atom stereocenters. The van der Waals surface area contributed by atoms with Gasteiger partial charge in [-0.3, -0.25) is 0 Å². The third kappa shape index (κ3) is 2.75. The lowest BCUT2D eigenvalue weighted by atomic mass is 10.2. The van der Waals surface area contributed by atoms with Gasteiger partial charge >= 0.3 is 0 Å². The van der Waals surface area contributed by atoms with Crippen LogP contribution in [0.1, 0.15) is 5.82 Å². The van der Waals surface area contributed by atoms with Gasteiger partial charge in [0.2, 0.25) is 0 Å². The van der Waals surface area contributed by atoms with Crippen LogP contribution in [0.3, 0.4) is 0 Å². The van der Waals surface area contributed by atoms with Crippen molar-refractivity contribution < 1.29 is 4.39 Å². The third-order valence-corrected chi connectivity index (χ3v) is 2.58. The van der Waals surface area contributed by atoms with Crippen molar-refractivity contribution in [3.05, 3.63) is 42.2 Å². The summed E-state index contributed by atoms with van der Waals surface area (Å²) >= 11 is 0. The summed E-state index contributed by atoms with van der Waals surface area (Å²) in [6.07, 6.45) is 4.38. The molecule has 0 radical (unpaired) electrons. The molecular weight excluding hydrogens is 219 g/mol. The van der Waals surface area contributed by atoms with Crippen molar-refractivity contribution in [2.75, 3.05) is 17.6 Å². The van der Waals surface area contributed by atoms with Crippen LogP contribution in [0.15, 0.2) is 30.6 Å². The zero-order valence-corrected chi connectivity index (χ0v) is 9.65. The number of benzene rings is 1. The molecule has 2 aromatic rings. The predicted octanol–water partition coefficient (Wildman–Crippen LogP) is 1.80. The van der Waals surface area contributed by atoms with Gasteiger partial charge in [-0.15, -0.1) is 0 Å². The number of nitrogens with one attached hydrogen (secondary N) is 1. The molecule has 0 amide bonds. The van der Waals surface area contributed by atoms with Gasteiger partial charge in [-0.05, 0) is 18.2 Å². The minimum absolute atomic E-state index is 0.329.